The Morgan fingerprint density at radius 1 is 1.53 bits per heavy atom. The number of aromatic hydroxyl groups is 1. The van der Waals surface area contributed by atoms with Crippen LogP contribution in [0.2, 0.25) is 0 Å². The average Bonchev–Trinajstić information content (AvgIpc) is 2.38. The van der Waals surface area contributed by atoms with Crippen LogP contribution in [0, 0.1) is 0 Å². The van der Waals surface area contributed by atoms with Crippen LogP contribution < -0.4 is 10.1 Å². The molecular formula is C13H15NO5. The van der Waals surface area contributed by atoms with Crippen molar-refractivity contribution in [2.45, 2.75) is 12.5 Å². The predicted octanol–water partition coefficient (Wildman–Crippen LogP) is 1.16. The van der Waals surface area contributed by atoms with Gasteiger partial charge in [-0.1, -0.05) is 6.08 Å². The van der Waals surface area contributed by atoms with E-state index in [1.165, 1.54) is 31.4 Å². The number of hydrogen-bond acceptors (Lipinski definition) is 4. The lowest BCUT2D eigenvalue weighted by Crippen LogP contribution is -2.40. The van der Waals surface area contributed by atoms with E-state index in [2.05, 4.69) is 11.9 Å². The zero-order valence-corrected chi connectivity index (χ0v) is 10.4. The van der Waals surface area contributed by atoms with Gasteiger partial charge in [0.25, 0.3) is 5.91 Å². The van der Waals surface area contributed by atoms with E-state index < -0.39 is 17.9 Å². The van der Waals surface area contributed by atoms with Crippen molar-refractivity contribution in [3.05, 3.63) is 36.4 Å². The Balaban J connectivity index is 2.93. The lowest BCUT2D eigenvalue weighted by atomic mass is 10.1. The molecule has 0 aliphatic rings. The van der Waals surface area contributed by atoms with Crippen LogP contribution in [0.4, 0.5) is 0 Å². The molecule has 0 heterocycles. The van der Waals surface area contributed by atoms with Crippen LogP contribution in [0.25, 0.3) is 0 Å². The van der Waals surface area contributed by atoms with Gasteiger partial charge < -0.3 is 20.3 Å². The van der Waals surface area contributed by atoms with Gasteiger partial charge in [-0.25, -0.2) is 4.79 Å². The second-order valence-corrected chi connectivity index (χ2v) is 3.77. The monoisotopic (exact) mass is 265 g/mol. The second-order valence-electron chi connectivity index (χ2n) is 3.77. The molecule has 1 aromatic rings. The van der Waals surface area contributed by atoms with E-state index in [4.69, 9.17) is 9.84 Å². The Hall–Kier alpha value is -2.50. The highest BCUT2D eigenvalue weighted by Gasteiger charge is 2.21. The SMILES string of the molecule is C=CCC(NC(=O)c1cc(OC)ccc1O)C(=O)O. The summed E-state index contributed by atoms with van der Waals surface area (Å²) in [5.74, 6) is -1.72. The summed E-state index contributed by atoms with van der Waals surface area (Å²) in [4.78, 5) is 22.8. The highest BCUT2D eigenvalue weighted by molar-refractivity contribution is 5.99. The molecule has 102 valence electrons. The zero-order valence-electron chi connectivity index (χ0n) is 10.4. The first-order valence-electron chi connectivity index (χ1n) is 5.51. The quantitative estimate of drug-likeness (QED) is 0.671. The Morgan fingerprint density at radius 3 is 2.74 bits per heavy atom. The van der Waals surface area contributed by atoms with Gasteiger partial charge in [-0.2, -0.15) is 0 Å². The molecule has 1 unspecified atom stereocenters. The van der Waals surface area contributed by atoms with E-state index in [9.17, 15) is 14.7 Å². The second kappa shape index (κ2) is 6.44. The summed E-state index contributed by atoms with van der Waals surface area (Å²) < 4.78 is 4.94. The van der Waals surface area contributed by atoms with Gasteiger partial charge in [-0.3, -0.25) is 4.79 Å². The number of carboxylic acids is 1. The van der Waals surface area contributed by atoms with Crippen LogP contribution in [0.15, 0.2) is 30.9 Å². The first-order valence-corrected chi connectivity index (χ1v) is 5.51. The third-order valence-electron chi connectivity index (χ3n) is 2.45. The molecular weight excluding hydrogens is 250 g/mol. The van der Waals surface area contributed by atoms with Crippen LogP contribution in [-0.2, 0) is 4.79 Å². The number of ether oxygens (including phenoxy) is 1. The standard InChI is InChI=1S/C13H15NO5/c1-3-4-10(13(17)18)14-12(16)9-7-8(19-2)5-6-11(9)15/h3,5-7,10,15H,1,4H2,2H3,(H,14,16)(H,17,18). The summed E-state index contributed by atoms with van der Waals surface area (Å²) in [5.41, 5.74) is -0.0466. The van der Waals surface area contributed by atoms with E-state index in [0.29, 0.717) is 5.75 Å². The molecule has 6 heteroatoms. The first-order chi connectivity index (χ1) is 8.99. The van der Waals surface area contributed by atoms with Gasteiger partial charge in [-0.05, 0) is 24.6 Å². The van der Waals surface area contributed by atoms with Crippen molar-refractivity contribution in [2.24, 2.45) is 0 Å². The van der Waals surface area contributed by atoms with Gasteiger partial charge in [0, 0.05) is 0 Å². The Kier molecular flexibility index (Phi) is 4.93. The molecule has 1 amide bonds. The number of benzene rings is 1. The zero-order chi connectivity index (χ0) is 14.4. The number of phenols is 1. The molecule has 6 nitrogen and oxygen atoms in total. The smallest absolute Gasteiger partial charge is 0.326 e. The van der Waals surface area contributed by atoms with Crippen molar-refractivity contribution in [3.63, 3.8) is 0 Å². The maximum atomic E-state index is 11.9. The number of phenolic OH excluding ortho intramolecular Hbond substituents is 1. The van der Waals surface area contributed by atoms with Gasteiger partial charge in [0.2, 0.25) is 0 Å². The number of methoxy groups -OCH3 is 1. The molecule has 0 saturated heterocycles. The normalized spacial score (nSPS) is 11.4. The van der Waals surface area contributed by atoms with Gasteiger partial charge in [-0.15, -0.1) is 6.58 Å². The van der Waals surface area contributed by atoms with E-state index >= 15 is 0 Å². The van der Waals surface area contributed by atoms with Crippen molar-refractivity contribution in [2.75, 3.05) is 7.11 Å². The van der Waals surface area contributed by atoms with Crippen LogP contribution >= 0.6 is 0 Å². The third-order valence-corrected chi connectivity index (χ3v) is 2.45. The van der Waals surface area contributed by atoms with Crippen molar-refractivity contribution < 1.29 is 24.5 Å². The van der Waals surface area contributed by atoms with Crippen molar-refractivity contribution in [1.82, 2.24) is 5.32 Å². The molecule has 19 heavy (non-hydrogen) atoms. The highest BCUT2D eigenvalue weighted by atomic mass is 16.5. The molecule has 0 spiro atoms. The van der Waals surface area contributed by atoms with E-state index in [1.54, 1.807) is 0 Å². The van der Waals surface area contributed by atoms with Gasteiger partial charge in [0.1, 0.15) is 17.5 Å². The maximum absolute atomic E-state index is 11.9. The van der Waals surface area contributed by atoms with E-state index in [0.717, 1.165) is 0 Å². The topological polar surface area (TPSA) is 95.9 Å². The van der Waals surface area contributed by atoms with Crippen LogP contribution in [-0.4, -0.2) is 35.2 Å². The van der Waals surface area contributed by atoms with Crippen molar-refractivity contribution in [1.29, 1.82) is 0 Å². The Morgan fingerprint density at radius 2 is 2.21 bits per heavy atom. The molecule has 0 fully saturated rings. The predicted molar refractivity (Wildman–Crippen MR) is 68.4 cm³/mol. The Labute approximate surface area is 110 Å². The summed E-state index contributed by atoms with van der Waals surface area (Å²) in [5, 5.41) is 20.8. The minimum atomic E-state index is -1.17. The third kappa shape index (κ3) is 3.74. The minimum Gasteiger partial charge on any atom is -0.507 e. The number of rotatable bonds is 6. The fraction of sp³-hybridized carbons (Fsp3) is 0.231. The molecule has 1 rings (SSSR count). The summed E-state index contributed by atoms with van der Waals surface area (Å²) in [6.07, 6.45) is 1.48. The van der Waals surface area contributed by atoms with E-state index in [1.807, 2.05) is 0 Å². The minimum absolute atomic E-state index is 0.0466. The molecule has 0 aliphatic heterocycles. The van der Waals surface area contributed by atoms with Crippen molar-refractivity contribution in [3.8, 4) is 11.5 Å². The lowest BCUT2D eigenvalue weighted by Gasteiger charge is -2.13. The molecule has 1 atom stereocenters. The molecule has 0 bridgehead atoms. The van der Waals surface area contributed by atoms with Gasteiger partial charge in [0.15, 0.2) is 0 Å². The maximum Gasteiger partial charge on any atom is 0.326 e. The number of carbonyl (C=O) groups is 2. The van der Waals surface area contributed by atoms with Crippen LogP contribution in [0.1, 0.15) is 16.8 Å². The van der Waals surface area contributed by atoms with Crippen LogP contribution in [0.5, 0.6) is 11.5 Å². The number of amides is 1. The largest absolute Gasteiger partial charge is 0.507 e. The summed E-state index contributed by atoms with van der Waals surface area (Å²) >= 11 is 0. The summed E-state index contributed by atoms with van der Waals surface area (Å²) in [6, 6.07) is 3.04. The number of aliphatic carboxylic acids is 1. The van der Waals surface area contributed by atoms with E-state index in [-0.39, 0.29) is 17.7 Å². The fourth-order valence-electron chi connectivity index (χ4n) is 1.45. The molecule has 0 aliphatic carbocycles. The molecule has 3 N–H and O–H groups in total. The van der Waals surface area contributed by atoms with Crippen LogP contribution in [0.3, 0.4) is 0 Å². The van der Waals surface area contributed by atoms with Gasteiger partial charge >= 0.3 is 5.97 Å². The molecule has 0 saturated carbocycles. The molecule has 1 aromatic carbocycles. The summed E-state index contributed by atoms with van der Waals surface area (Å²) in [6.45, 7) is 3.42. The van der Waals surface area contributed by atoms with Crippen molar-refractivity contribution >= 4 is 11.9 Å². The first kappa shape index (κ1) is 14.6. The number of carbonyl (C=O) groups excluding carboxylic acids is 1. The fourth-order valence-corrected chi connectivity index (χ4v) is 1.45. The number of carboxylic acid groups (broad SMARTS) is 1. The van der Waals surface area contributed by atoms with Gasteiger partial charge in [0.05, 0.1) is 12.7 Å². The highest BCUT2D eigenvalue weighted by Crippen LogP contribution is 2.22. The number of nitrogens with one attached hydrogen (secondary N) is 1. The molecule has 0 radical (unpaired) electrons. The number of hydrogen-bond donors (Lipinski definition) is 3. The average molecular weight is 265 g/mol. The lowest BCUT2D eigenvalue weighted by molar-refractivity contribution is -0.139. The molecule has 0 aromatic heterocycles. The summed E-state index contributed by atoms with van der Waals surface area (Å²) in [7, 11) is 1.42. The Bertz CT molecular complexity index is 498.